The van der Waals surface area contributed by atoms with E-state index < -0.39 is 0 Å². The van der Waals surface area contributed by atoms with Crippen molar-refractivity contribution in [2.75, 3.05) is 13.7 Å². The van der Waals surface area contributed by atoms with Gasteiger partial charge in [0.2, 0.25) is 0 Å². The summed E-state index contributed by atoms with van der Waals surface area (Å²) in [5.74, 6) is 0. The number of aliphatic hydroxyl groups excluding tert-OH is 1. The van der Waals surface area contributed by atoms with Crippen molar-refractivity contribution in [2.24, 2.45) is 0 Å². The lowest BCUT2D eigenvalue weighted by molar-refractivity contribution is 0.399. The Labute approximate surface area is 55.9 Å². The summed E-state index contributed by atoms with van der Waals surface area (Å²) in [5, 5.41) is 10.1. The molecule has 1 rings (SSSR count). The maximum atomic E-state index is 7.00. The van der Waals surface area contributed by atoms with Crippen molar-refractivity contribution in [1.29, 1.82) is 0 Å². The van der Waals surface area contributed by atoms with Gasteiger partial charge in [-0.05, 0) is 19.2 Å². The van der Waals surface area contributed by atoms with E-state index in [0.717, 1.165) is 13.7 Å². The molecule has 1 aliphatic heterocycles. The predicted octanol–water partition coefficient (Wildman–Crippen LogP) is 0.658. The van der Waals surface area contributed by atoms with E-state index in [0.29, 0.717) is 0 Å². The molecule has 0 spiro atoms. The number of nitrogens with one attached hydrogen (secondary N) is 1. The van der Waals surface area contributed by atoms with Crippen LogP contribution in [0.4, 0.5) is 0 Å². The number of allylic oxidation sites excluding steroid dienone is 2. The largest absolute Gasteiger partial charge is 0.400 e. The zero-order valence-corrected chi connectivity index (χ0v) is 5.89. The van der Waals surface area contributed by atoms with Gasteiger partial charge in [0, 0.05) is 13.7 Å². The molecule has 0 bridgehead atoms. The Balaban J connectivity index is 0.000000291. The monoisotopic (exact) mass is 127 g/mol. The van der Waals surface area contributed by atoms with Crippen molar-refractivity contribution >= 4 is 0 Å². The van der Waals surface area contributed by atoms with E-state index in [1.807, 2.05) is 6.20 Å². The second-order valence-corrected chi connectivity index (χ2v) is 1.69. The quantitative estimate of drug-likeness (QED) is 0.501. The molecule has 0 fully saturated rings. The normalized spacial score (nSPS) is 14.8. The van der Waals surface area contributed by atoms with Crippen molar-refractivity contribution in [2.45, 2.75) is 6.92 Å². The summed E-state index contributed by atoms with van der Waals surface area (Å²) in [4.78, 5) is 0. The van der Waals surface area contributed by atoms with Crippen LogP contribution in [0.15, 0.2) is 23.9 Å². The maximum absolute atomic E-state index is 7.00. The molecule has 0 amide bonds. The van der Waals surface area contributed by atoms with Gasteiger partial charge in [-0.25, -0.2) is 0 Å². The standard InChI is InChI=1S/C6H9N.CH4O/c1-6-2-4-7-5-3-6;1-2/h2-4,7H,5H2,1H3;2H,1H3. The van der Waals surface area contributed by atoms with Crippen molar-refractivity contribution < 1.29 is 5.11 Å². The van der Waals surface area contributed by atoms with E-state index in [4.69, 9.17) is 5.11 Å². The van der Waals surface area contributed by atoms with Gasteiger partial charge in [-0.15, -0.1) is 0 Å². The lowest BCUT2D eigenvalue weighted by atomic mass is 10.2. The SMILES string of the molecule is CC1=CCNC=C1.CO. The smallest absolute Gasteiger partial charge is 0.0330 e. The van der Waals surface area contributed by atoms with Crippen molar-refractivity contribution in [3.8, 4) is 0 Å². The molecular formula is C7H13NO. The van der Waals surface area contributed by atoms with Crippen molar-refractivity contribution in [3.05, 3.63) is 23.9 Å². The minimum atomic E-state index is 0.988. The molecule has 2 N–H and O–H groups in total. The van der Waals surface area contributed by atoms with Crippen LogP contribution in [0.5, 0.6) is 0 Å². The number of rotatable bonds is 0. The highest BCUT2D eigenvalue weighted by atomic mass is 16.2. The zero-order chi connectivity index (χ0) is 7.11. The second kappa shape index (κ2) is 5.38. The first kappa shape index (κ1) is 8.24. The van der Waals surface area contributed by atoms with E-state index in [1.54, 1.807) is 0 Å². The lowest BCUT2D eigenvalue weighted by Gasteiger charge is -2.00. The lowest BCUT2D eigenvalue weighted by Crippen LogP contribution is -2.07. The molecule has 1 heterocycles. The fourth-order valence-electron chi connectivity index (χ4n) is 0.546. The van der Waals surface area contributed by atoms with E-state index >= 15 is 0 Å². The van der Waals surface area contributed by atoms with Crippen molar-refractivity contribution in [3.63, 3.8) is 0 Å². The van der Waals surface area contributed by atoms with Gasteiger partial charge in [-0.3, -0.25) is 0 Å². The molecular weight excluding hydrogens is 114 g/mol. The van der Waals surface area contributed by atoms with E-state index in [2.05, 4.69) is 24.4 Å². The Morgan fingerprint density at radius 2 is 2.22 bits per heavy atom. The Kier molecular flexibility index (Phi) is 4.92. The molecule has 52 valence electrons. The second-order valence-electron chi connectivity index (χ2n) is 1.69. The van der Waals surface area contributed by atoms with Crippen LogP contribution in [-0.4, -0.2) is 18.8 Å². The molecule has 0 radical (unpaired) electrons. The molecule has 0 aromatic heterocycles. The summed E-state index contributed by atoms with van der Waals surface area (Å²) in [6.45, 7) is 3.08. The van der Waals surface area contributed by atoms with Crippen LogP contribution in [0.3, 0.4) is 0 Å². The molecule has 0 aromatic carbocycles. The van der Waals surface area contributed by atoms with Gasteiger partial charge in [0.05, 0.1) is 0 Å². The van der Waals surface area contributed by atoms with E-state index in [1.165, 1.54) is 5.57 Å². The topological polar surface area (TPSA) is 32.3 Å². The molecule has 0 saturated heterocycles. The number of hydrogen-bond acceptors (Lipinski definition) is 2. The third-order valence-electron chi connectivity index (χ3n) is 1.01. The molecule has 0 unspecified atom stereocenters. The summed E-state index contributed by atoms with van der Waals surface area (Å²) >= 11 is 0. The zero-order valence-electron chi connectivity index (χ0n) is 5.89. The van der Waals surface area contributed by atoms with Crippen molar-refractivity contribution in [1.82, 2.24) is 5.32 Å². The van der Waals surface area contributed by atoms with Crippen LogP contribution in [0.2, 0.25) is 0 Å². The van der Waals surface area contributed by atoms with E-state index in [9.17, 15) is 0 Å². The van der Waals surface area contributed by atoms with Gasteiger partial charge in [-0.1, -0.05) is 11.6 Å². The molecule has 2 heteroatoms. The Bertz CT molecular complexity index is 116. The summed E-state index contributed by atoms with van der Waals surface area (Å²) in [7, 11) is 1.00. The number of hydrogen-bond donors (Lipinski definition) is 2. The first-order valence-corrected chi connectivity index (χ1v) is 2.91. The summed E-state index contributed by atoms with van der Waals surface area (Å²) < 4.78 is 0. The van der Waals surface area contributed by atoms with Gasteiger partial charge in [0.25, 0.3) is 0 Å². The van der Waals surface area contributed by atoms with Crippen LogP contribution >= 0.6 is 0 Å². The molecule has 9 heavy (non-hydrogen) atoms. The highest BCUT2D eigenvalue weighted by Crippen LogP contribution is 1.95. The highest BCUT2D eigenvalue weighted by Gasteiger charge is 1.84. The summed E-state index contributed by atoms with van der Waals surface area (Å²) in [6, 6.07) is 0. The van der Waals surface area contributed by atoms with Crippen LogP contribution < -0.4 is 5.32 Å². The van der Waals surface area contributed by atoms with Crippen LogP contribution in [0, 0.1) is 0 Å². The fraction of sp³-hybridized carbons (Fsp3) is 0.429. The number of dihydropyridines is 1. The number of aliphatic hydroxyl groups is 1. The molecule has 1 aliphatic rings. The Hall–Kier alpha value is -0.760. The molecule has 0 atom stereocenters. The van der Waals surface area contributed by atoms with E-state index in [-0.39, 0.29) is 0 Å². The molecule has 0 saturated carbocycles. The van der Waals surface area contributed by atoms with Gasteiger partial charge >= 0.3 is 0 Å². The van der Waals surface area contributed by atoms with Crippen LogP contribution in [0.25, 0.3) is 0 Å². The van der Waals surface area contributed by atoms with Crippen LogP contribution in [0.1, 0.15) is 6.92 Å². The predicted molar refractivity (Wildman–Crippen MR) is 39.0 cm³/mol. The van der Waals surface area contributed by atoms with Gasteiger partial charge in [0.1, 0.15) is 0 Å². The third kappa shape index (κ3) is 3.79. The average molecular weight is 127 g/mol. The maximum Gasteiger partial charge on any atom is 0.0330 e. The van der Waals surface area contributed by atoms with Gasteiger partial charge in [-0.2, -0.15) is 0 Å². The molecule has 0 aliphatic carbocycles. The first-order chi connectivity index (χ1) is 4.39. The summed E-state index contributed by atoms with van der Waals surface area (Å²) in [6.07, 6.45) is 6.18. The van der Waals surface area contributed by atoms with Crippen LogP contribution in [-0.2, 0) is 0 Å². The van der Waals surface area contributed by atoms with Gasteiger partial charge in [0.15, 0.2) is 0 Å². The third-order valence-corrected chi connectivity index (χ3v) is 1.01. The fourth-order valence-corrected chi connectivity index (χ4v) is 0.546. The Morgan fingerprint density at radius 3 is 2.44 bits per heavy atom. The summed E-state index contributed by atoms with van der Waals surface area (Å²) in [5.41, 5.74) is 1.35. The highest BCUT2D eigenvalue weighted by molar-refractivity contribution is 5.19. The first-order valence-electron chi connectivity index (χ1n) is 2.91. The molecule has 2 nitrogen and oxygen atoms in total. The minimum absolute atomic E-state index is 0.988. The van der Waals surface area contributed by atoms with Gasteiger partial charge < -0.3 is 10.4 Å². The average Bonchev–Trinajstić information content (AvgIpc) is 1.94. The molecule has 0 aromatic rings. The Morgan fingerprint density at radius 1 is 1.56 bits per heavy atom. The minimum Gasteiger partial charge on any atom is -0.400 e.